The lowest BCUT2D eigenvalue weighted by molar-refractivity contribution is -0.151. The van der Waals surface area contributed by atoms with Gasteiger partial charge in [-0.2, -0.15) is 0 Å². The van der Waals surface area contributed by atoms with Gasteiger partial charge in [-0.3, -0.25) is 4.79 Å². The predicted molar refractivity (Wildman–Crippen MR) is 63.5 cm³/mol. The quantitative estimate of drug-likeness (QED) is 0.749. The lowest BCUT2D eigenvalue weighted by atomic mass is 10.0. The van der Waals surface area contributed by atoms with Crippen LogP contribution in [0.15, 0.2) is 30.3 Å². The fraction of sp³-hybridized carbons (Fsp3) is 0.462. The van der Waals surface area contributed by atoms with Crippen LogP contribution in [0.25, 0.3) is 0 Å². The molecule has 0 bridgehead atoms. The zero-order chi connectivity index (χ0) is 12.3. The molecule has 2 N–H and O–H groups in total. The highest BCUT2D eigenvalue weighted by molar-refractivity contribution is 5.66. The van der Waals surface area contributed by atoms with Crippen molar-refractivity contribution < 1.29 is 14.6 Å². The summed E-state index contributed by atoms with van der Waals surface area (Å²) < 4.78 is 5.16. The summed E-state index contributed by atoms with van der Waals surface area (Å²) >= 11 is 0. The highest BCUT2D eigenvalue weighted by atomic mass is 16.6. The van der Waals surface area contributed by atoms with E-state index in [1.807, 2.05) is 30.3 Å². The second-order valence-electron chi connectivity index (χ2n) is 4.35. The Hall–Kier alpha value is -1.39. The number of esters is 1. The molecule has 2 rings (SSSR count). The molecule has 17 heavy (non-hydrogen) atoms. The first-order chi connectivity index (χ1) is 8.16. The van der Waals surface area contributed by atoms with E-state index >= 15 is 0 Å². The summed E-state index contributed by atoms with van der Waals surface area (Å²) in [6.07, 6.45) is -0.323. The molecule has 0 amide bonds. The summed E-state index contributed by atoms with van der Waals surface area (Å²) in [5.74, 6) is -0.351. The number of aliphatic hydroxyl groups excluding tert-OH is 1. The normalized spacial score (nSPS) is 28.0. The smallest absolute Gasteiger partial charge is 0.303 e. The molecule has 0 saturated carbocycles. The average Bonchev–Trinajstić information content (AvgIpc) is 2.62. The molecule has 0 unspecified atom stereocenters. The molecule has 0 spiro atoms. The molecule has 0 radical (unpaired) electrons. The summed E-state index contributed by atoms with van der Waals surface area (Å²) in [5.41, 5.74) is 1.16. The van der Waals surface area contributed by atoms with Crippen LogP contribution in [0.3, 0.4) is 0 Å². The third-order valence-corrected chi connectivity index (χ3v) is 2.97. The number of rotatable bonds is 3. The molecular weight excluding hydrogens is 218 g/mol. The maximum absolute atomic E-state index is 11.0. The Morgan fingerprint density at radius 1 is 1.47 bits per heavy atom. The zero-order valence-corrected chi connectivity index (χ0v) is 9.80. The summed E-state index contributed by atoms with van der Waals surface area (Å²) in [5, 5.41) is 12.9. The number of benzene rings is 1. The average molecular weight is 235 g/mol. The van der Waals surface area contributed by atoms with Crippen molar-refractivity contribution in [2.45, 2.75) is 31.6 Å². The second-order valence-corrected chi connectivity index (χ2v) is 4.35. The van der Waals surface area contributed by atoms with Crippen LogP contribution in [0.4, 0.5) is 0 Å². The Labute approximate surface area is 101 Å². The second kappa shape index (κ2) is 5.29. The number of aliphatic hydroxyl groups is 1. The fourth-order valence-corrected chi connectivity index (χ4v) is 2.18. The summed E-state index contributed by atoms with van der Waals surface area (Å²) in [6.45, 7) is 1.83. The van der Waals surface area contributed by atoms with E-state index in [9.17, 15) is 9.90 Å². The van der Waals surface area contributed by atoms with Crippen molar-refractivity contribution in [2.24, 2.45) is 0 Å². The van der Waals surface area contributed by atoms with Gasteiger partial charge in [-0.25, -0.2) is 0 Å². The van der Waals surface area contributed by atoms with Crippen LogP contribution < -0.4 is 5.32 Å². The minimum atomic E-state index is -0.618. The Balaban J connectivity index is 2.02. The number of nitrogens with one attached hydrogen (secondary N) is 1. The molecule has 3 atom stereocenters. The first kappa shape index (κ1) is 12.1. The topological polar surface area (TPSA) is 58.6 Å². The molecule has 0 aliphatic carbocycles. The van der Waals surface area contributed by atoms with Crippen molar-refractivity contribution in [3.63, 3.8) is 0 Å². The molecule has 1 heterocycles. The molecular formula is C13H17NO3. The van der Waals surface area contributed by atoms with Gasteiger partial charge >= 0.3 is 5.97 Å². The number of carbonyl (C=O) groups is 1. The van der Waals surface area contributed by atoms with E-state index in [-0.39, 0.29) is 12.0 Å². The van der Waals surface area contributed by atoms with Crippen molar-refractivity contribution in [2.75, 3.05) is 6.54 Å². The largest absolute Gasteiger partial charge is 0.458 e. The molecule has 1 aromatic rings. The fourth-order valence-electron chi connectivity index (χ4n) is 2.18. The van der Waals surface area contributed by atoms with Crippen LogP contribution in [-0.4, -0.2) is 35.9 Å². The SMILES string of the molecule is CC(=O)O[C@@H]1[C@@H](O)CN[C@@H]1Cc1ccccc1. The third kappa shape index (κ3) is 3.05. The van der Waals surface area contributed by atoms with E-state index in [0.717, 1.165) is 12.0 Å². The molecule has 1 aromatic carbocycles. The molecule has 0 aromatic heterocycles. The Morgan fingerprint density at radius 2 is 2.18 bits per heavy atom. The number of carbonyl (C=O) groups excluding carboxylic acids is 1. The first-order valence-corrected chi connectivity index (χ1v) is 5.79. The Kier molecular flexibility index (Phi) is 3.76. The number of hydrogen-bond donors (Lipinski definition) is 2. The van der Waals surface area contributed by atoms with Crippen molar-refractivity contribution in [3.05, 3.63) is 35.9 Å². The van der Waals surface area contributed by atoms with Gasteiger partial charge in [-0.05, 0) is 12.0 Å². The van der Waals surface area contributed by atoms with Crippen LogP contribution in [0.5, 0.6) is 0 Å². The van der Waals surface area contributed by atoms with Crippen LogP contribution in [0.2, 0.25) is 0 Å². The van der Waals surface area contributed by atoms with Crippen LogP contribution in [0, 0.1) is 0 Å². The van der Waals surface area contributed by atoms with Gasteiger partial charge in [0.2, 0.25) is 0 Å². The van der Waals surface area contributed by atoms with Gasteiger partial charge in [0.05, 0.1) is 6.04 Å². The molecule has 92 valence electrons. The minimum absolute atomic E-state index is 0.0173. The van der Waals surface area contributed by atoms with E-state index in [2.05, 4.69) is 5.32 Å². The van der Waals surface area contributed by atoms with Gasteiger partial charge in [0.25, 0.3) is 0 Å². The van der Waals surface area contributed by atoms with Gasteiger partial charge in [0.15, 0.2) is 0 Å². The van der Waals surface area contributed by atoms with Crippen molar-refractivity contribution in [1.29, 1.82) is 0 Å². The van der Waals surface area contributed by atoms with Crippen molar-refractivity contribution >= 4 is 5.97 Å². The van der Waals surface area contributed by atoms with Gasteiger partial charge in [-0.1, -0.05) is 30.3 Å². The van der Waals surface area contributed by atoms with Crippen LogP contribution in [-0.2, 0) is 16.0 Å². The summed E-state index contributed by atoms with van der Waals surface area (Å²) in [4.78, 5) is 11.0. The maximum atomic E-state index is 11.0. The van der Waals surface area contributed by atoms with Crippen molar-refractivity contribution in [1.82, 2.24) is 5.32 Å². The number of β-amino-alcohol motifs (C(OH)–C–C–N with tert-alkyl or cyclic N) is 1. The first-order valence-electron chi connectivity index (χ1n) is 5.79. The standard InChI is InChI=1S/C13H17NO3/c1-9(15)17-13-11(14-8-12(13)16)7-10-5-3-2-4-6-10/h2-6,11-14,16H,7-8H2,1H3/t11-,12+,13+/m1/s1. The van der Waals surface area contributed by atoms with Crippen molar-refractivity contribution in [3.8, 4) is 0 Å². The highest BCUT2D eigenvalue weighted by Gasteiger charge is 2.36. The molecule has 1 fully saturated rings. The van der Waals surface area contributed by atoms with E-state index in [1.165, 1.54) is 6.92 Å². The van der Waals surface area contributed by atoms with Gasteiger partial charge in [-0.15, -0.1) is 0 Å². The predicted octanol–water partition coefficient (Wildman–Crippen LogP) is 0.493. The van der Waals surface area contributed by atoms with E-state index in [1.54, 1.807) is 0 Å². The molecule has 1 aliphatic rings. The minimum Gasteiger partial charge on any atom is -0.458 e. The van der Waals surface area contributed by atoms with Crippen LogP contribution in [0.1, 0.15) is 12.5 Å². The van der Waals surface area contributed by atoms with Gasteiger partial charge in [0, 0.05) is 13.5 Å². The van der Waals surface area contributed by atoms with Gasteiger partial charge < -0.3 is 15.2 Å². The Morgan fingerprint density at radius 3 is 2.82 bits per heavy atom. The maximum Gasteiger partial charge on any atom is 0.303 e. The summed E-state index contributed by atoms with van der Waals surface area (Å²) in [6, 6.07) is 9.94. The lowest BCUT2D eigenvalue weighted by Crippen LogP contribution is -2.38. The van der Waals surface area contributed by atoms with Gasteiger partial charge in [0.1, 0.15) is 12.2 Å². The van der Waals surface area contributed by atoms with Crippen LogP contribution >= 0.6 is 0 Å². The zero-order valence-electron chi connectivity index (χ0n) is 9.80. The number of ether oxygens (including phenoxy) is 1. The van der Waals surface area contributed by atoms with E-state index in [4.69, 9.17) is 4.74 Å². The monoisotopic (exact) mass is 235 g/mol. The molecule has 1 saturated heterocycles. The van der Waals surface area contributed by atoms with E-state index in [0.29, 0.717) is 6.54 Å². The lowest BCUT2D eigenvalue weighted by Gasteiger charge is -2.21. The highest BCUT2D eigenvalue weighted by Crippen LogP contribution is 2.17. The Bertz CT molecular complexity index is 380. The summed E-state index contributed by atoms with van der Waals surface area (Å²) in [7, 11) is 0. The third-order valence-electron chi connectivity index (χ3n) is 2.97. The molecule has 4 heteroatoms. The molecule has 1 aliphatic heterocycles. The molecule has 4 nitrogen and oxygen atoms in total. The van der Waals surface area contributed by atoms with E-state index < -0.39 is 12.2 Å². The number of hydrogen-bond acceptors (Lipinski definition) is 4.